The summed E-state index contributed by atoms with van der Waals surface area (Å²) in [5, 5.41) is 2.64. The third-order valence-electron chi connectivity index (χ3n) is 2.08. The number of nitrogens with one attached hydrogen (secondary N) is 1. The van der Waals surface area contributed by atoms with Gasteiger partial charge in [0.05, 0.1) is 13.2 Å². The van der Waals surface area contributed by atoms with E-state index in [1.54, 1.807) is 0 Å². The monoisotopic (exact) mass is 202 g/mol. The second-order valence-corrected chi connectivity index (χ2v) is 3.38. The van der Waals surface area contributed by atoms with Gasteiger partial charge in [0.1, 0.15) is 6.61 Å². The summed E-state index contributed by atoms with van der Waals surface area (Å²) in [5.74, 6) is 0.353. The van der Waals surface area contributed by atoms with Crippen LogP contribution in [0.4, 0.5) is 0 Å². The Labute approximate surface area is 83.9 Å². The molecule has 0 spiro atoms. The van der Waals surface area contributed by atoms with Gasteiger partial charge >= 0.3 is 0 Å². The number of ether oxygens (including phenoxy) is 2. The average Bonchev–Trinajstić information content (AvgIpc) is 2.67. The van der Waals surface area contributed by atoms with Gasteiger partial charge in [0.25, 0.3) is 0 Å². The normalized spacial score (nSPS) is 21.1. The van der Waals surface area contributed by atoms with Crippen LogP contribution < -0.4 is 11.1 Å². The first-order valence-electron chi connectivity index (χ1n) is 4.95. The second kappa shape index (κ2) is 6.75. The molecule has 1 aliphatic heterocycles. The van der Waals surface area contributed by atoms with Crippen LogP contribution >= 0.6 is 0 Å². The van der Waals surface area contributed by atoms with Crippen molar-refractivity contribution in [2.24, 2.45) is 11.7 Å². The molecular weight excluding hydrogens is 184 g/mol. The molecule has 1 aliphatic rings. The Morgan fingerprint density at radius 1 is 1.64 bits per heavy atom. The smallest absolute Gasteiger partial charge is 0.246 e. The summed E-state index contributed by atoms with van der Waals surface area (Å²) in [6, 6.07) is 0. The van der Waals surface area contributed by atoms with Gasteiger partial charge in [-0.05, 0) is 6.42 Å². The lowest BCUT2D eigenvalue weighted by molar-refractivity contribution is -0.126. The molecule has 1 atom stereocenters. The second-order valence-electron chi connectivity index (χ2n) is 3.38. The predicted octanol–water partition coefficient (Wildman–Crippen LogP) is -0.886. The molecule has 0 aromatic heterocycles. The molecule has 1 unspecified atom stereocenters. The van der Waals surface area contributed by atoms with Crippen LogP contribution in [0.25, 0.3) is 0 Å². The zero-order valence-electron chi connectivity index (χ0n) is 8.33. The zero-order chi connectivity index (χ0) is 10.2. The lowest BCUT2D eigenvalue weighted by Gasteiger charge is -2.08. The molecule has 0 aromatic rings. The number of rotatable bonds is 6. The summed E-state index contributed by atoms with van der Waals surface area (Å²) in [4.78, 5) is 11.1. The number of carbonyl (C=O) groups is 1. The third-order valence-corrected chi connectivity index (χ3v) is 2.08. The van der Waals surface area contributed by atoms with Crippen molar-refractivity contribution in [1.82, 2.24) is 5.32 Å². The van der Waals surface area contributed by atoms with Crippen LogP contribution in [0.2, 0.25) is 0 Å². The molecule has 0 aromatic carbocycles. The third kappa shape index (κ3) is 4.55. The van der Waals surface area contributed by atoms with E-state index in [1.165, 1.54) is 0 Å². The highest BCUT2D eigenvalue weighted by Gasteiger charge is 2.15. The first-order chi connectivity index (χ1) is 6.83. The molecule has 5 heteroatoms. The molecular formula is C9H18N2O3. The number of hydrogen-bond acceptors (Lipinski definition) is 4. The highest BCUT2D eigenvalue weighted by atomic mass is 16.5. The Kier molecular flexibility index (Phi) is 5.51. The molecule has 5 nitrogen and oxygen atoms in total. The fourth-order valence-corrected chi connectivity index (χ4v) is 1.30. The maximum atomic E-state index is 11.1. The van der Waals surface area contributed by atoms with Crippen molar-refractivity contribution in [1.29, 1.82) is 0 Å². The number of amides is 1. The Balaban J connectivity index is 1.94. The standard InChI is InChI=1S/C9H18N2O3/c10-2-3-11-9(12)7-14-6-8-1-4-13-5-8/h8H,1-7,10H2,(H,11,12). The first kappa shape index (κ1) is 11.4. The van der Waals surface area contributed by atoms with Crippen molar-refractivity contribution >= 4 is 5.91 Å². The van der Waals surface area contributed by atoms with Gasteiger partial charge in [-0.15, -0.1) is 0 Å². The summed E-state index contributed by atoms with van der Waals surface area (Å²) >= 11 is 0. The van der Waals surface area contributed by atoms with E-state index in [2.05, 4.69) is 5.32 Å². The van der Waals surface area contributed by atoms with Crippen LogP contribution in [0.1, 0.15) is 6.42 Å². The van der Waals surface area contributed by atoms with Crippen molar-refractivity contribution in [3.63, 3.8) is 0 Å². The predicted molar refractivity (Wildman–Crippen MR) is 51.8 cm³/mol. The number of carbonyl (C=O) groups excluding carboxylic acids is 1. The largest absolute Gasteiger partial charge is 0.381 e. The summed E-state index contributed by atoms with van der Waals surface area (Å²) in [6.07, 6.45) is 1.03. The van der Waals surface area contributed by atoms with Crippen LogP contribution in [-0.4, -0.2) is 45.4 Å². The SMILES string of the molecule is NCCNC(=O)COCC1CCOC1. The van der Waals surface area contributed by atoms with Gasteiger partial charge < -0.3 is 20.5 Å². The lowest BCUT2D eigenvalue weighted by Crippen LogP contribution is -2.32. The molecule has 1 rings (SSSR count). The van der Waals surface area contributed by atoms with Gasteiger partial charge in [-0.25, -0.2) is 0 Å². The van der Waals surface area contributed by atoms with Gasteiger partial charge in [-0.2, -0.15) is 0 Å². The number of hydrogen-bond donors (Lipinski definition) is 2. The van der Waals surface area contributed by atoms with Gasteiger partial charge in [-0.3, -0.25) is 4.79 Å². The van der Waals surface area contributed by atoms with Crippen molar-refractivity contribution in [2.75, 3.05) is 39.5 Å². The van der Waals surface area contributed by atoms with E-state index >= 15 is 0 Å². The molecule has 0 saturated carbocycles. The van der Waals surface area contributed by atoms with Crippen LogP contribution in [-0.2, 0) is 14.3 Å². The topological polar surface area (TPSA) is 73.6 Å². The molecule has 14 heavy (non-hydrogen) atoms. The fourth-order valence-electron chi connectivity index (χ4n) is 1.30. The maximum absolute atomic E-state index is 11.1. The molecule has 0 aliphatic carbocycles. The van der Waals surface area contributed by atoms with Gasteiger partial charge in [-0.1, -0.05) is 0 Å². The molecule has 1 heterocycles. The number of nitrogens with two attached hydrogens (primary N) is 1. The summed E-state index contributed by atoms with van der Waals surface area (Å²) in [5.41, 5.74) is 5.23. The van der Waals surface area contributed by atoms with Crippen LogP contribution in [0, 0.1) is 5.92 Å². The summed E-state index contributed by atoms with van der Waals surface area (Å²) in [6.45, 7) is 3.27. The molecule has 1 fully saturated rings. The van der Waals surface area contributed by atoms with Gasteiger partial charge in [0.15, 0.2) is 0 Å². The summed E-state index contributed by atoms with van der Waals surface area (Å²) in [7, 11) is 0. The first-order valence-corrected chi connectivity index (χ1v) is 4.95. The minimum atomic E-state index is -0.102. The van der Waals surface area contributed by atoms with E-state index in [0.717, 1.165) is 19.6 Å². The highest BCUT2D eigenvalue weighted by molar-refractivity contribution is 5.77. The van der Waals surface area contributed by atoms with Gasteiger partial charge in [0.2, 0.25) is 5.91 Å². The Bertz CT molecular complexity index is 169. The Morgan fingerprint density at radius 3 is 3.14 bits per heavy atom. The van der Waals surface area contributed by atoms with Crippen LogP contribution in [0.15, 0.2) is 0 Å². The molecule has 1 amide bonds. The zero-order valence-corrected chi connectivity index (χ0v) is 8.33. The molecule has 3 N–H and O–H groups in total. The van der Waals surface area contributed by atoms with Crippen molar-refractivity contribution < 1.29 is 14.3 Å². The fraction of sp³-hybridized carbons (Fsp3) is 0.889. The quantitative estimate of drug-likeness (QED) is 0.586. The molecule has 0 radical (unpaired) electrons. The van der Waals surface area contributed by atoms with E-state index in [1.807, 2.05) is 0 Å². The molecule has 1 saturated heterocycles. The van der Waals surface area contributed by atoms with Crippen LogP contribution in [0.5, 0.6) is 0 Å². The van der Waals surface area contributed by atoms with Crippen molar-refractivity contribution in [2.45, 2.75) is 6.42 Å². The maximum Gasteiger partial charge on any atom is 0.246 e. The van der Waals surface area contributed by atoms with Crippen molar-refractivity contribution in [3.05, 3.63) is 0 Å². The Morgan fingerprint density at radius 2 is 2.50 bits per heavy atom. The van der Waals surface area contributed by atoms with Crippen molar-refractivity contribution in [3.8, 4) is 0 Å². The van der Waals surface area contributed by atoms with Crippen LogP contribution in [0.3, 0.4) is 0 Å². The minimum Gasteiger partial charge on any atom is -0.381 e. The Hall–Kier alpha value is -0.650. The lowest BCUT2D eigenvalue weighted by atomic mass is 10.1. The van der Waals surface area contributed by atoms with E-state index in [9.17, 15) is 4.79 Å². The summed E-state index contributed by atoms with van der Waals surface area (Å²) < 4.78 is 10.4. The van der Waals surface area contributed by atoms with E-state index in [4.69, 9.17) is 15.2 Å². The van der Waals surface area contributed by atoms with Gasteiger partial charge in [0, 0.05) is 25.6 Å². The molecule has 82 valence electrons. The highest BCUT2D eigenvalue weighted by Crippen LogP contribution is 2.11. The van der Waals surface area contributed by atoms with E-state index in [-0.39, 0.29) is 12.5 Å². The van der Waals surface area contributed by atoms with E-state index < -0.39 is 0 Å². The molecule has 0 bridgehead atoms. The van der Waals surface area contributed by atoms with E-state index in [0.29, 0.717) is 25.6 Å². The average molecular weight is 202 g/mol. The minimum absolute atomic E-state index is 0.102.